The van der Waals surface area contributed by atoms with Crippen molar-refractivity contribution in [2.24, 2.45) is 5.92 Å². The van der Waals surface area contributed by atoms with E-state index in [4.69, 9.17) is 9.97 Å². The number of aryl methyl sites for hydroxylation is 1. The maximum absolute atomic E-state index is 4.95. The molecule has 0 atom stereocenters. The number of nitrogens with zero attached hydrogens (tertiary/aromatic N) is 4. The van der Waals surface area contributed by atoms with Crippen LogP contribution in [0, 0.1) is 12.8 Å². The van der Waals surface area contributed by atoms with E-state index in [1.165, 1.54) is 23.4 Å². The summed E-state index contributed by atoms with van der Waals surface area (Å²) in [6.45, 7) is 9.64. The molecule has 4 heterocycles. The second-order valence-electron chi connectivity index (χ2n) is 9.09. The van der Waals surface area contributed by atoms with Crippen LogP contribution in [0.3, 0.4) is 0 Å². The van der Waals surface area contributed by atoms with Crippen LogP contribution in [0.4, 0.5) is 11.6 Å². The van der Waals surface area contributed by atoms with Gasteiger partial charge in [-0.3, -0.25) is 0 Å². The number of anilines is 2. The van der Waals surface area contributed by atoms with Gasteiger partial charge in [0.05, 0.1) is 11.7 Å². The predicted octanol–water partition coefficient (Wildman–Crippen LogP) is 4.13. The van der Waals surface area contributed by atoms with Crippen LogP contribution in [-0.4, -0.2) is 39.2 Å². The van der Waals surface area contributed by atoms with Gasteiger partial charge in [-0.25, -0.2) is 9.97 Å². The summed E-state index contributed by atoms with van der Waals surface area (Å²) in [6.07, 6.45) is 6.59. The minimum atomic E-state index is -0.0660. The quantitative estimate of drug-likeness (QED) is 0.528. The van der Waals surface area contributed by atoms with Gasteiger partial charge in [0.15, 0.2) is 5.65 Å². The van der Waals surface area contributed by atoms with E-state index in [9.17, 15) is 0 Å². The molecule has 5 rings (SSSR count). The summed E-state index contributed by atoms with van der Waals surface area (Å²) in [6, 6.07) is 2.12. The molecule has 2 aliphatic rings. The van der Waals surface area contributed by atoms with Gasteiger partial charge in [0, 0.05) is 29.2 Å². The number of fused-ring (bicyclic) bond motifs is 1. The molecule has 0 spiro atoms. The molecule has 3 N–H and O–H groups in total. The van der Waals surface area contributed by atoms with Crippen LogP contribution < -0.4 is 16.0 Å². The van der Waals surface area contributed by atoms with Crippen molar-refractivity contribution in [1.82, 2.24) is 24.9 Å². The number of thiazole rings is 1. The van der Waals surface area contributed by atoms with Gasteiger partial charge in [-0.05, 0) is 57.5 Å². The molecule has 0 amide bonds. The summed E-state index contributed by atoms with van der Waals surface area (Å²) in [5.41, 5.74) is 3.14. The Morgan fingerprint density at radius 3 is 2.73 bits per heavy atom. The highest BCUT2D eigenvalue weighted by Gasteiger charge is 2.47. The van der Waals surface area contributed by atoms with Crippen LogP contribution >= 0.6 is 11.3 Å². The Labute approximate surface area is 181 Å². The smallest absolute Gasteiger partial charge is 0.163 e. The molecule has 8 heteroatoms. The Kier molecular flexibility index (Phi) is 5.14. The van der Waals surface area contributed by atoms with Gasteiger partial charge in [-0.1, -0.05) is 13.8 Å². The summed E-state index contributed by atoms with van der Waals surface area (Å²) >= 11 is 1.75. The summed E-state index contributed by atoms with van der Waals surface area (Å²) in [5.74, 6) is 2.99. The first kappa shape index (κ1) is 19.8. The molecule has 0 bridgehead atoms. The highest BCUT2D eigenvalue weighted by atomic mass is 32.1. The van der Waals surface area contributed by atoms with Gasteiger partial charge in [0.25, 0.3) is 0 Å². The average Bonchev–Trinajstić information content (AvgIpc) is 3.17. The molecule has 0 aromatic carbocycles. The zero-order chi connectivity index (χ0) is 20.7. The standard InChI is InChI=1S/C22H31N7S/c1-14(2)17-12-25-29-19(28-22(6-7-22)21-26-15(3)13-30-21)10-18(27-20(17)29)24-11-16-4-8-23-9-5-16/h10,12-14,16,23,28H,4-9,11H2,1-3H3,(H,24,27). The van der Waals surface area contributed by atoms with Crippen LogP contribution in [-0.2, 0) is 5.54 Å². The van der Waals surface area contributed by atoms with E-state index in [-0.39, 0.29) is 5.54 Å². The highest BCUT2D eigenvalue weighted by Crippen LogP contribution is 2.49. The van der Waals surface area contributed by atoms with E-state index in [1.54, 1.807) is 11.3 Å². The maximum atomic E-state index is 4.95. The second-order valence-corrected chi connectivity index (χ2v) is 9.95. The Bertz CT molecular complexity index is 1030. The first-order valence-corrected chi connectivity index (χ1v) is 12.0. The minimum Gasteiger partial charge on any atom is -0.370 e. The van der Waals surface area contributed by atoms with Crippen molar-refractivity contribution in [3.05, 3.63) is 33.9 Å². The molecule has 0 unspecified atom stereocenters. The minimum absolute atomic E-state index is 0.0660. The lowest BCUT2D eigenvalue weighted by Gasteiger charge is -2.23. The Morgan fingerprint density at radius 1 is 1.27 bits per heavy atom. The molecule has 30 heavy (non-hydrogen) atoms. The third kappa shape index (κ3) is 3.78. The summed E-state index contributed by atoms with van der Waals surface area (Å²) in [5, 5.41) is 18.8. The Hall–Kier alpha value is -2.19. The third-order valence-corrected chi connectivity index (χ3v) is 7.46. The predicted molar refractivity (Wildman–Crippen MR) is 123 cm³/mol. The van der Waals surface area contributed by atoms with Crippen LogP contribution in [0.2, 0.25) is 0 Å². The SMILES string of the molecule is Cc1csc(C2(Nc3cc(NCC4CCNCC4)nc4c(C(C)C)cnn34)CC2)n1. The molecule has 160 valence electrons. The van der Waals surface area contributed by atoms with Crippen LogP contribution in [0.5, 0.6) is 0 Å². The maximum Gasteiger partial charge on any atom is 0.163 e. The molecular weight excluding hydrogens is 394 g/mol. The van der Waals surface area contributed by atoms with E-state index in [0.29, 0.717) is 11.8 Å². The van der Waals surface area contributed by atoms with Crippen molar-refractivity contribution in [3.63, 3.8) is 0 Å². The number of hydrogen-bond acceptors (Lipinski definition) is 7. The largest absolute Gasteiger partial charge is 0.370 e. The average molecular weight is 426 g/mol. The fraction of sp³-hybridized carbons (Fsp3) is 0.591. The van der Waals surface area contributed by atoms with E-state index in [0.717, 1.165) is 55.5 Å². The van der Waals surface area contributed by atoms with Crippen molar-refractivity contribution in [2.45, 2.75) is 57.9 Å². The molecule has 3 aromatic heterocycles. The number of piperidine rings is 1. The van der Waals surface area contributed by atoms with Gasteiger partial charge in [0.1, 0.15) is 16.6 Å². The van der Waals surface area contributed by atoms with Gasteiger partial charge < -0.3 is 16.0 Å². The first-order chi connectivity index (χ1) is 14.5. The third-order valence-electron chi connectivity index (χ3n) is 6.30. The van der Waals surface area contributed by atoms with Crippen LogP contribution in [0.1, 0.15) is 61.7 Å². The molecule has 1 aliphatic carbocycles. The lowest BCUT2D eigenvalue weighted by atomic mass is 9.98. The highest BCUT2D eigenvalue weighted by molar-refractivity contribution is 7.09. The molecule has 1 aliphatic heterocycles. The lowest BCUT2D eigenvalue weighted by Crippen LogP contribution is -2.31. The molecular formula is C22H31N7S. The Morgan fingerprint density at radius 2 is 2.07 bits per heavy atom. The summed E-state index contributed by atoms with van der Waals surface area (Å²) in [7, 11) is 0. The number of aromatic nitrogens is 4. The molecule has 1 saturated carbocycles. The number of rotatable bonds is 7. The number of nitrogens with one attached hydrogen (secondary N) is 3. The molecule has 3 aromatic rings. The monoisotopic (exact) mass is 425 g/mol. The van der Waals surface area contributed by atoms with Crippen LogP contribution in [0.15, 0.2) is 17.6 Å². The lowest BCUT2D eigenvalue weighted by molar-refractivity contribution is 0.389. The van der Waals surface area contributed by atoms with Gasteiger partial charge >= 0.3 is 0 Å². The normalized spacial score (nSPS) is 18.8. The van der Waals surface area contributed by atoms with Crippen molar-refractivity contribution < 1.29 is 0 Å². The van der Waals surface area contributed by atoms with Crippen molar-refractivity contribution in [3.8, 4) is 0 Å². The van der Waals surface area contributed by atoms with Crippen molar-refractivity contribution >= 4 is 28.6 Å². The molecule has 0 radical (unpaired) electrons. The topological polar surface area (TPSA) is 79.2 Å². The van der Waals surface area contributed by atoms with Gasteiger partial charge in [0.2, 0.25) is 0 Å². The van der Waals surface area contributed by atoms with Crippen molar-refractivity contribution in [2.75, 3.05) is 30.3 Å². The fourth-order valence-electron chi connectivity index (χ4n) is 4.24. The van der Waals surface area contributed by atoms with Gasteiger partial charge in [-0.2, -0.15) is 9.61 Å². The first-order valence-electron chi connectivity index (χ1n) is 11.1. The zero-order valence-corrected chi connectivity index (χ0v) is 18.9. The van der Waals surface area contributed by atoms with Gasteiger partial charge in [-0.15, -0.1) is 11.3 Å². The molecule has 2 fully saturated rings. The van der Waals surface area contributed by atoms with E-state index < -0.39 is 0 Å². The van der Waals surface area contributed by atoms with Crippen LogP contribution in [0.25, 0.3) is 5.65 Å². The Balaban J connectivity index is 1.46. The van der Waals surface area contributed by atoms with Crippen molar-refractivity contribution in [1.29, 1.82) is 0 Å². The molecule has 7 nitrogen and oxygen atoms in total. The van der Waals surface area contributed by atoms with E-state index >= 15 is 0 Å². The van der Waals surface area contributed by atoms with E-state index in [2.05, 4.69) is 53.3 Å². The van der Waals surface area contributed by atoms with E-state index in [1.807, 2.05) is 10.7 Å². The summed E-state index contributed by atoms with van der Waals surface area (Å²) in [4.78, 5) is 9.71. The summed E-state index contributed by atoms with van der Waals surface area (Å²) < 4.78 is 1.96. The molecule has 1 saturated heterocycles. The number of hydrogen-bond donors (Lipinski definition) is 3. The fourth-order valence-corrected chi connectivity index (χ4v) is 5.25. The second kappa shape index (κ2) is 7.81. The zero-order valence-electron chi connectivity index (χ0n) is 18.0.